The standard InChI is InChI=1S/C13H18N2O3/c1-13(9-16,10-17)15-8-11-2-4-12(5-3-11)18-7-6-14/h2-5,15-17H,7-10H2,1H3. The fourth-order valence-corrected chi connectivity index (χ4v) is 1.30. The predicted molar refractivity (Wildman–Crippen MR) is 67.0 cm³/mol. The van der Waals surface area contributed by atoms with Crippen LogP contribution in [-0.2, 0) is 6.54 Å². The number of nitrogens with zero attached hydrogens (tertiary/aromatic N) is 1. The van der Waals surface area contributed by atoms with Gasteiger partial charge in [-0.3, -0.25) is 0 Å². The van der Waals surface area contributed by atoms with Crippen LogP contribution < -0.4 is 10.1 Å². The van der Waals surface area contributed by atoms with Crippen molar-refractivity contribution in [1.82, 2.24) is 5.32 Å². The van der Waals surface area contributed by atoms with Gasteiger partial charge >= 0.3 is 0 Å². The second-order valence-corrected chi connectivity index (χ2v) is 4.32. The Kier molecular flexibility index (Phi) is 5.59. The Bertz CT molecular complexity index is 394. The van der Waals surface area contributed by atoms with Gasteiger partial charge in [0.05, 0.1) is 18.8 Å². The second kappa shape index (κ2) is 6.97. The fourth-order valence-electron chi connectivity index (χ4n) is 1.30. The van der Waals surface area contributed by atoms with Crippen molar-refractivity contribution in [1.29, 1.82) is 5.26 Å². The molecule has 1 aromatic rings. The summed E-state index contributed by atoms with van der Waals surface area (Å²) in [6.45, 7) is 2.05. The molecule has 0 saturated carbocycles. The van der Waals surface area contributed by atoms with Crippen molar-refractivity contribution in [2.75, 3.05) is 19.8 Å². The maximum Gasteiger partial charge on any atom is 0.174 e. The summed E-state index contributed by atoms with van der Waals surface area (Å²) in [5.74, 6) is 0.646. The molecular formula is C13H18N2O3. The van der Waals surface area contributed by atoms with Crippen molar-refractivity contribution >= 4 is 0 Å². The molecule has 0 aliphatic heterocycles. The van der Waals surface area contributed by atoms with E-state index in [1.807, 2.05) is 18.2 Å². The lowest BCUT2D eigenvalue weighted by Crippen LogP contribution is -2.48. The molecule has 0 aromatic heterocycles. The van der Waals surface area contributed by atoms with Crippen LogP contribution in [-0.4, -0.2) is 35.6 Å². The van der Waals surface area contributed by atoms with Gasteiger partial charge in [-0.25, -0.2) is 0 Å². The molecule has 0 radical (unpaired) electrons. The van der Waals surface area contributed by atoms with Crippen LogP contribution >= 0.6 is 0 Å². The van der Waals surface area contributed by atoms with Crippen molar-refractivity contribution in [2.45, 2.75) is 19.0 Å². The average Bonchev–Trinajstić information content (AvgIpc) is 2.43. The van der Waals surface area contributed by atoms with Gasteiger partial charge in [-0.05, 0) is 24.6 Å². The van der Waals surface area contributed by atoms with Crippen molar-refractivity contribution < 1.29 is 14.9 Å². The molecular weight excluding hydrogens is 232 g/mol. The summed E-state index contributed by atoms with van der Waals surface area (Å²) in [6, 6.07) is 9.20. The first-order valence-electron chi connectivity index (χ1n) is 5.69. The lowest BCUT2D eigenvalue weighted by atomic mass is 10.0. The molecule has 0 unspecified atom stereocenters. The van der Waals surface area contributed by atoms with Crippen LogP contribution in [0.5, 0.6) is 5.75 Å². The van der Waals surface area contributed by atoms with Gasteiger partial charge in [0, 0.05) is 6.54 Å². The molecule has 5 nitrogen and oxygen atoms in total. The van der Waals surface area contributed by atoms with Gasteiger partial charge in [0.2, 0.25) is 0 Å². The first kappa shape index (κ1) is 14.5. The molecule has 0 bridgehead atoms. The Labute approximate surface area is 107 Å². The second-order valence-electron chi connectivity index (χ2n) is 4.32. The Morgan fingerprint density at radius 1 is 1.28 bits per heavy atom. The third kappa shape index (κ3) is 4.34. The normalized spacial score (nSPS) is 11.0. The molecule has 18 heavy (non-hydrogen) atoms. The average molecular weight is 250 g/mol. The van der Waals surface area contributed by atoms with E-state index in [1.165, 1.54) is 0 Å². The number of ether oxygens (including phenoxy) is 1. The molecule has 98 valence electrons. The number of aliphatic hydroxyl groups is 2. The van der Waals surface area contributed by atoms with E-state index in [4.69, 9.17) is 20.2 Å². The van der Waals surface area contributed by atoms with Crippen LogP contribution in [0.25, 0.3) is 0 Å². The maximum atomic E-state index is 9.13. The molecule has 0 saturated heterocycles. The molecule has 1 rings (SSSR count). The summed E-state index contributed by atoms with van der Waals surface area (Å²) in [5.41, 5.74) is 0.322. The monoisotopic (exact) mass is 250 g/mol. The molecule has 0 aliphatic rings. The highest BCUT2D eigenvalue weighted by Crippen LogP contribution is 2.12. The lowest BCUT2D eigenvalue weighted by Gasteiger charge is -2.26. The number of nitriles is 1. The third-order valence-electron chi connectivity index (χ3n) is 2.64. The van der Waals surface area contributed by atoms with E-state index in [2.05, 4.69) is 5.32 Å². The topological polar surface area (TPSA) is 85.5 Å². The molecule has 0 atom stereocenters. The van der Waals surface area contributed by atoms with E-state index >= 15 is 0 Å². The largest absolute Gasteiger partial charge is 0.479 e. The minimum absolute atomic E-state index is 0.0324. The number of hydrogen-bond acceptors (Lipinski definition) is 5. The van der Waals surface area contributed by atoms with Gasteiger partial charge in [0.1, 0.15) is 11.8 Å². The SMILES string of the molecule is CC(CO)(CO)NCc1ccc(OCC#N)cc1. The molecule has 0 amide bonds. The molecule has 0 fully saturated rings. The summed E-state index contributed by atoms with van der Waals surface area (Å²) in [6.07, 6.45) is 0. The predicted octanol–water partition coefficient (Wildman–Crippen LogP) is 0.422. The molecule has 5 heteroatoms. The number of nitrogens with one attached hydrogen (secondary N) is 1. The van der Waals surface area contributed by atoms with Crippen LogP contribution in [0.3, 0.4) is 0 Å². The molecule has 3 N–H and O–H groups in total. The molecule has 1 aromatic carbocycles. The number of hydrogen-bond donors (Lipinski definition) is 3. The zero-order valence-electron chi connectivity index (χ0n) is 10.4. The third-order valence-corrected chi connectivity index (χ3v) is 2.64. The maximum absolute atomic E-state index is 9.13. The van der Waals surface area contributed by atoms with Crippen LogP contribution in [0.4, 0.5) is 0 Å². The Hall–Kier alpha value is -1.61. The van der Waals surface area contributed by atoms with Gasteiger partial charge in [-0.2, -0.15) is 5.26 Å². The number of aliphatic hydroxyl groups excluding tert-OH is 2. The van der Waals surface area contributed by atoms with Crippen molar-refractivity contribution in [3.63, 3.8) is 0 Å². The fraction of sp³-hybridized carbons (Fsp3) is 0.462. The molecule has 0 spiro atoms. The van der Waals surface area contributed by atoms with Gasteiger partial charge in [0.25, 0.3) is 0 Å². The smallest absolute Gasteiger partial charge is 0.174 e. The van der Waals surface area contributed by atoms with Crippen molar-refractivity contribution in [3.05, 3.63) is 29.8 Å². The quantitative estimate of drug-likeness (QED) is 0.653. The van der Waals surface area contributed by atoms with Gasteiger partial charge < -0.3 is 20.3 Å². The summed E-state index contributed by atoms with van der Waals surface area (Å²) in [4.78, 5) is 0. The minimum Gasteiger partial charge on any atom is -0.479 e. The first-order chi connectivity index (χ1) is 8.63. The van der Waals surface area contributed by atoms with Gasteiger partial charge in [-0.15, -0.1) is 0 Å². The highest BCUT2D eigenvalue weighted by molar-refractivity contribution is 5.27. The lowest BCUT2D eigenvalue weighted by molar-refractivity contribution is 0.103. The molecule has 0 aliphatic carbocycles. The van der Waals surface area contributed by atoms with Crippen LogP contribution in [0.1, 0.15) is 12.5 Å². The highest BCUT2D eigenvalue weighted by Gasteiger charge is 2.20. The summed E-state index contributed by atoms with van der Waals surface area (Å²) >= 11 is 0. The zero-order valence-corrected chi connectivity index (χ0v) is 10.4. The molecule has 0 heterocycles. The zero-order chi connectivity index (χ0) is 13.4. The van der Waals surface area contributed by atoms with E-state index < -0.39 is 5.54 Å². The van der Waals surface area contributed by atoms with Gasteiger partial charge in [-0.1, -0.05) is 12.1 Å². The number of benzene rings is 1. The highest BCUT2D eigenvalue weighted by atomic mass is 16.5. The van der Waals surface area contributed by atoms with Crippen molar-refractivity contribution in [3.8, 4) is 11.8 Å². The van der Waals surface area contributed by atoms with E-state index in [1.54, 1.807) is 19.1 Å². The van der Waals surface area contributed by atoms with Crippen molar-refractivity contribution in [2.24, 2.45) is 0 Å². The van der Waals surface area contributed by atoms with Crippen LogP contribution in [0.15, 0.2) is 24.3 Å². The van der Waals surface area contributed by atoms with E-state index in [0.29, 0.717) is 12.3 Å². The van der Waals surface area contributed by atoms with Crippen LogP contribution in [0.2, 0.25) is 0 Å². The Morgan fingerprint density at radius 2 is 1.89 bits per heavy atom. The Balaban J connectivity index is 2.51. The van der Waals surface area contributed by atoms with E-state index in [-0.39, 0.29) is 19.8 Å². The first-order valence-corrected chi connectivity index (χ1v) is 5.69. The number of rotatable bonds is 7. The minimum atomic E-state index is -0.685. The Morgan fingerprint density at radius 3 is 2.39 bits per heavy atom. The van der Waals surface area contributed by atoms with Gasteiger partial charge in [0.15, 0.2) is 6.61 Å². The summed E-state index contributed by atoms with van der Waals surface area (Å²) in [5, 5.41) is 29.7. The van der Waals surface area contributed by atoms with E-state index in [9.17, 15) is 0 Å². The van der Waals surface area contributed by atoms with Crippen LogP contribution in [0, 0.1) is 11.3 Å². The summed E-state index contributed by atoms with van der Waals surface area (Å²) < 4.78 is 5.14. The van der Waals surface area contributed by atoms with E-state index in [0.717, 1.165) is 5.56 Å². The summed E-state index contributed by atoms with van der Waals surface area (Å²) in [7, 11) is 0.